The first-order chi connectivity index (χ1) is 10.1. The molecule has 1 heterocycles. The molecular weight excluding hydrogens is 306 g/mol. The van der Waals surface area contributed by atoms with Crippen LogP contribution >= 0.6 is 23.1 Å². The van der Waals surface area contributed by atoms with E-state index < -0.39 is 5.97 Å². The molecule has 1 aromatic heterocycles. The number of thioether (sulfide) groups is 1. The van der Waals surface area contributed by atoms with Crippen molar-refractivity contribution in [3.8, 4) is 0 Å². The van der Waals surface area contributed by atoms with Gasteiger partial charge < -0.3 is 10.4 Å². The van der Waals surface area contributed by atoms with Crippen molar-refractivity contribution in [2.45, 2.75) is 10.6 Å². The molecule has 2 aromatic rings. The van der Waals surface area contributed by atoms with Crippen LogP contribution in [0.15, 0.2) is 40.6 Å². The number of nitrogens with one attached hydrogen (secondary N) is 1. The number of hydrogen-bond donors (Lipinski definition) is 2. The fourth-order valence-electron chi connectivity index (χ4n) is 1.85. The molecule has 0 unspecified atom stereocenters. The molecule has 0 fully saturated rings. The highest BCUT2D eigenvalue weighted by molar-refractivity contribution is 8.00. The van der Waals surface area contributed by atoms with Gasteiger partial charge in [0.15, 0.2) is 0 Å². The number of benzene rings is 1. The van der Waals surface area contributed by atoms with Crippen LogP contribution in [0.2, 0.25) is 0 Å². The minimum atomic E-state index is -1.00. The fourth-order valence-corrected chi connectivity index (χ4v) is 3.55. The Hall–Kier alpha value is -1.79. The van der Waals surface area contributed by atoms with Gasteiger partial charge in [-0.1, -0.05) is 30.3 Å². The van der Waals surface area contributed by atoms with Crippen molar-refractivity contribution in [1.82, 2.24) is 5.32 Å². The Balaban J connectivity index is 1.98. The molecule has 0 saturated carbocycles. The third-order valence-corrected chi connectivity index (χ3v) is 5.14. The molecule has 0 aliphatic carbocycles. The monoisotopic (exact) mass is 321 g/mol. The van der Waals surface area contributed by atoms with Crippen molar-refractivity contribution >= 4 is 35.0 Å². The Morgan fingerprint density at radius 3 is 2.62 bits per heavy atom. The summed E-state index contributed by atoms with van der Waals surface area (Å²) >= 11 is 2.51. The summed E-state index contributed by atoms with van der Waals surface area (Å²) in [6.45, 7) is 0.523. The predicted octanol–water partition coefficient (Wildman–Crippen LogP) is 3.14. The minimum absolute atomic E-state index is 0.188. The lowest BCUT2D eigenvalue weighted by Crippen LogP contribution is -2.25. The van der Waals surface area contributed by atoms with Gasteiger partial charge in [-0.05, 0) is 24.3 Å². The van der Waals surface area contributed by atoms with E-state index in [0.717, 1.165) is 27.5 Å². The molecule has 6 heteroatoms. The van der Waals surface area contributed by atoms with Gasteiger partial charge in [0.2, 0.25) is 0 Å². The predicted molar refractivity (Wildman–Crippen MR) is 85.5 cm³/mol. The van der Waals surface area contributed by atoms with E-state index >= 15 is 0 Å². The summed E-state index contributed by atoms with van der Waals surface area (Å²) in [5.41, 5.74) is 1.59. The molecule has 0 atom stereocenters. The Morgan fingerprint density at radius 1 is 1.29 bits per heavy atom. The van der Waals surface area contributed by atoms with E-state index in [-0.39, 0.29) is 10.8 Å². The van der Waals surface area contributed by atoms with E-state index in [0.29, 0.717) is 12.1 Å². The second-order valence-electron chi connectivity index (χ2n) is 4.31. The van der Waals surface area contributed by atoms with Crippen LogP contribution in [0.4, 0.5) is 0 Å². The van der Waals surface area contributed by atoms with Gasteiger partial charge >= 0.3 is 5.97 Å². The van der Waals surface area contributed by atoms with Gasteiger partial charge in [0.05, 0.1) is 9.77 Å². The number of carbonyl (C=O) groups is 2. The molecule has 1 aromatic carbocycles. The molecule has 110 valence electrons. The van der Waals surface area contributed by atoms with Gasteiger partial charge in [0.25, 0.3) is 5.91 Å². The van der Waals surface area contributed by atoms with Crippen LogP contribution in [0.3, 0.4) is 0 Å². The number of thiophene rings is 1. The first-order valence-corrected chi connectivity index (χ1v) is 8.39. The highest BCUT2D eigenvalue weighted by Gasteiger charge is 2.18. The third kappa shape index (κ3) is 4.09. The zero-order chi connectivity index (χ0) is 15.2. The molecule has 0 aliphatic heterocycles. The van der Waals surface area contributed by atoms with Gasteiger partial charge in [0.1, 0.15) is 4.88 Å². The quantitative estimate of drug-likeness (QED) is 0.802. The second kappa shape index (κ2) is 7.28. The molecule has 4 nitrogen and oxygen atoms in total. The number of carboxylic acid groups (broad SMARTS) is 1. The summed E-state index contributed by atoms with van der Waals surface area (Å²) in [6.07, 6.45) is 2.58. The average molecular weight is 321 g/mol. The number of rotatable bonds is 6. The summed E-state index contributed by atoms with van der Waals surface area (Å²) in [7, 11) is 0. The highest BCUT2D eigenvalue weighted by Crippen LogP contribution is 2.30. The van der Waals surface area contributed by atoms with Gasteiger partial charge in [-0.2, -0.15) is 0 Å². The molecule has 0 aliphatic rings. The van der Waals surface area contributed by atoms with Crippen molar-refractivity contribution in [1.29, 1.82) is 0 Å². The van der Waals surface area contributed by atoms with Crippen LogP contribution in [-0.4, -0.2) is 29.8 Å². The lowest BCUT2D eigenvalue weighted by molar-refractivity contribution is 0.0702. The second-order valence-corrected chi connectivity index (χ2v) is 6.44. The Morgan fingerprint density at radius 2 is 2.00 bits per heavy atom. The van der Waals surface area contributed by atoms with Gasteiger partial charge in [0, 0.05) is 6.54 Å². The minimum Gasteiger partial charge on any atom is -0.477 e. The van der Waals surface area contributed by atoms with Crippen LogP contribution in [0.25, 0.3) is 0 Å². The number of aromatic carboxylic acids is 1. The van der Waals surface area contributed by atoms with E-state index in [9.17, 15) is 9.59 Å². The first kappa shape index (κ1) is 15.6. The Labute approximate surface area is 131 Å². The molecule has 2 N–H and O–H groups in total. The first-order valence-electron chi connectivity index (χ1n) is 6.35. The van der Waals surface area contributed by atoms with E-state index in [4.69, 9.17) is 5.11 Å². The van der Waals surface area contributed by atoms with Gasteiger partial charge in [-0.3, -0.25) is 4.79 Å². The maximum Gasteiger partial charge on any atom is 0.345 e. The summed E-state index contributed by atoms with van der Waals surface area (Å²) in [5.74, 6) is -1.22. The molecule has 0 radical (unpaired) electrons. The lowest BCUT2D eigenvalue weighted by Gasteiger charge is -2.05. The maximum atomic E-state index is 12.1. The van der Waals surface area contributed by atoms with Crippen molar-refractivity contribution in [3.05, 3.63) is 52.4 Å². The number of amides is 1. The third-order valence-electron chi connectivity index (χ3n) is 2.88. The highest BCUT2D eigenvalue weighted by atomic mass is 32.2. The van der Waals surface area contributed by atoms with E-state index in [1.165, 1.54) is 17.8 Å². The average Bonchev–Trinajstić information content (AvgIpc) is 2.93. The summed E-state index contributed by atoms with van der Waals surface area (Å²) in [6, 6.07) is 11.3. The smallest absolute Gasteiger partial charge is 0.345 e. The van der Waals surface area contributed by atoms with E-state index in [1.807, 2.05) is 36.6 Å². The molecule has 1 amide bonds. The molecule has 0 bridgehead atoms. The Kier molecular flexibility index (Phi) is 5.41. The molecular formula is C15H15NO3S2. The van der Waals surface area contributed by atoms with Crippen LogP contribution in [0.1, 0.15) is 25.6 Å². The van der Waals surface area contributed by atoms with Crippen molar-refractivity contribution in [2.75, 3.05) is 12.8 Å². The van der Waals surface area contributed by atoms with E-state index in [2.05, 4.69) is 5.32 Å². The van der Waals surface area contributed by atoms with Crippen molar-refractivity contribution in [2.24, 2.45) is 0 Å². The summed E-state index contributed by atoms with van der Waals surface area (Å²) in [4.78, 5) is 23.3. The zero-order valence-electron chi connectivity index (χ0n) is 11.5. The van der Waals surface area contributed by atoms with Crippen LogP contribution in [0.5, 0.6) is 0 Å². The largest absolute Gasteiger partial charge is 0.477 e. The van der Waals surface area contributed by atoms with Crippen LogP contribution < -0.4 is 5.32 Å². The lowest BCUT2D eigenvalue weighted by atomic mass is 10.1. The Bertz CT molecular complexity index is 638. The topological polar surface area (TPSA) is 66.4 Å². The zero-order valence-corrected chi connectivity index (χ0v) is 13.1. The van der Waals surface area contributed by atoms with E-state index in [1.54, 1.807) is 0 Å². The van der Waals surface area contributed by atoms with Crippen molar-refractivity contribution < 1.29 is 14.7 Å². The fraction of sp³-hybridized carbons (Fsp3) is 0.200. The van der Waals surface area contributed by atoms with Crippen LogP contribution in [0, 0.1) is 0 Å². The molecule has 21 heavy (non-hydrogen) atoms. The molecule has 2 rings (SSSR count). The number of carbonyl (C=O) groups excluding carboxylic acids is 1. The number of carboxylic acids is 1. The van der Waals surface area contributed by atoms with Gasteiger partial charge in [-0.15, -0.1) is 23.1 Å². The molecule has 0 spiro atoms. The summed E-state index contributed by atoms with van der Waals surface area (Å²) < 4.78 is 0.726. The van der Waals surface area contributed by atoms with Crippen molar-refractivity contribution in [3.63, 3.8) is 0 Å². The molecule has 0 saturated heterocycles. The maximum absolute atomic E-state index is 12.1. The summed E-state index contributed by atoms with van der Waals surface area (Å²) in [5, 5.41) is 11.8. The van der Waals surface area contributed by atoms with Gasteiger partial charge in [-0.25, -0.2) is 4.79 Å². The van der Waals surface area contributed by atoms with Crippen LogP contribution in [-0.2, 0) is 6.42 Å². The standard InChI is InChI=1S/C15H15NO3S2/c1-20-15-11(9-12(21-15)14(18)19)13(17)16-8-7-10-5-3-2-4-6-10/h2-6,9H,7-8H2,1H3,(H,16,17)(H,18,19). The SMILES string of the molecule is CSc1sc(C(=O)O)cc1C(=O)NCCc1ccccc1. The normalized spacial score (nSPS) is 10.3. The number of hydrogen-bond acceptors (Lipinski definition) is 4.